The largest absolute Gasteiger partial charge is 0.398 e. The van der Waals surface area contributed by atoms with Crippen molar-refractivity contribution < 1.29 is 4.79 Å². The Labute approximate surface area is 127 Å². The molecule has 0 atom stereocenters. The van der Waals surface area contributed by atoms with Gasteiger partial charge in [0.05, 0.1) is 10.6 Å². The maximum Gasteiger partial charge on any atom is 0.259 e. The molecule has 1 amide bonds. The SMILES string of the molecule is Nc1cccc(Cl)c1C(=O)Nc1ccc2ccccc2c1. The van der Waals surface area contributed by atoms with Crippen molar-refractivity contribution in [2.75, 3.05) is 11.1 Å². The summed E-state index contributed by atoms with van der Waals surface area (Å²) in [6.45, 7) is 0. The molecule has 0 radical (unpaired) electrons. The van der Waals surface area contributed by atoms with Crippen molar-refractivity contribution in [1.29, 1.82) is 0 Å². The van der Waals surface area contributed by atoms with E-state index < -0.39 is 0 Å². The number of benzene rings is 3. The summed E-state index contributed by atoms with van der Waals surface area (Å²) in [5.41, 5.74) is 7.19. The number of rotatable bonds is 2. The smallest absolute Gasteiger partial charge is 0.259 e. The molecule has 0 fully saturated rings. The van der Waals surface area contributed by atoms with Gasteiger partial charge in [0.25, 0.3) is 5.91 Å². The molecule has 3 rings (SSSR count). The Kier molecular flexibility index (Phi) is 3.50. The first-order valence-corrected chi connectivity index (χ1v) is 6.87. The molecule has 0 unspecified atom stereocenters. The number of carbonyl (C=O) groups is 1. The van der Waals surface area contributed by atoms with Crippen molar-refractivity contribution >= 4 is 39.7 Å². The second kappa shape index (κ2) is 5.46. The minimum Gasteiger partial charge on any atom is -0.398 e. The van der Waals surface area contributed by atoms with Gasteiger partial charge < -0.3 is 11.1 Å². The van der Waals surface area contributed by atoms with Crippen LogP contribution in [0.1, 0.15) is 10.4 Å². The second-order valence-electron chi connectivity index (χ2n) is 4.72. The van der Waals surface area contributed by atoms with E-state index in [0.717, 1.165) is 10.8 Å². The van der Waals surface area contributed by atoms with Gasteiger partial charge >= 0.3 is 0 Å². The highest BCUT2D eigenvalue weighted by molar-refractivity contribution is 6.35. The van der Waals surface area contributed by atoms with Crippen LogP contribution in [-0.2, 0) is 0 Å². The number of anilines is 2. The maximum atomic E-state index is 12.3. The lowest BCUT2D eigenvalue weighted by Crippen LogP contribution is -2.14. The molecular formula is C17H13ClN2O. The van der Waals surface area contributed by atoms with Crippen molar-refractivity contribution in [2.24, 2.45) is 0 Å². The van der Waals surface area contributed by atoms with Gasteiger partial charge in [-0.1, -0.05) is 48.0 Å². The van der Waals surface area contributed by atoms with E-state index in [1.54, 1.807) is 18.2 Å². The van der Waals surface area contributed by atoms with Gasteiger partial charge in [0.2, 0.25) is 0 Å². The first-order chi connectivity index (χ1) is 10.1. The molecule has 0 saturated heterocycles. The van der Waals surface area contributed by atoms with Crippen LogP contribution in [0, 0.1) is 0 Å². The minimum atomic E-state index is -0.312. The van der Waals surface area contributed by atoms with Gasteiger partial charge in [0, 0.05) is 11.4 Å². The lowest BCUT2D eigenvalue weighted by molar-refractivity contribution is 0.102. The molecule has 0 aliphatic rings. The molecule has 21 heavy (non-hydrogen) atoms. The number of nitrogens with one attached hydrogen (secondary N) is 1. The summed E-state index contributed by atoms with van der Waals surface area (Å²) in [6, 6.07) is 18.7. The molecule has 0 spiro atoms. The molecule has 3 nitrogen and oxygen atoms in total. The molecule has 3 aromatic carbocycles. The van der Waals surface area contributed by atoms with E-state index in [0.29, 0.717) is 22.0 Å². The van der Waals surface area contributed by atoms with Gasteiger partial charge in [-0.05, 0) is 35.0 Å². The topological polar surface area (TPSA) is 55.1 Å². The monoisotopic (exact) mass is 296 g/mol. The van der Waals surface area contributed by atoms with Crippen LogP contribution < -0.4 is 11.1 Å². The van der Waals surface area contributed by atoms with Crippen LogP contribution in [0.4, 0.5) is 11.4 Å². The number of carbonyl (C=O) groups excluding carboxylic acids is 1. The number of hydrogen-bond acceptors (Lipinski definition) is 2. The number of fused-ring (bicyclic) bond motifs is 1. The summed E-state index contributed by atoms with van der Waals surface area (Å²) in [4.78, 5) is 12.3. The van der Waals surface area contributed by atoms with Crippen LogP contribution in [0.15, 0.2) is 60.7 Å². The lowest BCUT2D eigenvalue weighted by Gasteiger charge is -2.10. The molecule has 0 aliphatic carbocycles. The molecule has 3 N–H and O–H groups in total. The molecule has 0 bridgehead atoms. The van der Waals surface area contributed by atoms with Gasteiger partial charge in [-0.15, -0.1) is 0 Å². The molecule has 0 aliphatic heterocycles. The number of nitrogen functional groups attached to an aromatic ring is 1. The van der Waals surface area contributed by atoms with Gasteiger partial charge in [0.15, 0.2) is 0 Å². The Hall–Kier alpha value is -2.52. The zero-order valence-corrected chi connectivity index (χ0v) is 11.9. The highest BCUT2D eigenvalue weighted by Gasteiger charge is 2.14. The van der Waals surface area contributed by atoms with E-state index in [4.69, 9.17) is 17.3 Å². The standard InChI is InChI=1S/C17H13ClN2O/c18-14-6-3-7-15(19)16(14)17(21)20-13-9-8-11-4-1-2-5-12(11)10-13/h1-10H,19H2,(H,20,21). The summed E-state index contributed by atoms with van der Waals surface area (Å²) in [5, 5.41) is 5.35. The number of hydrogen-bond donors (Lipinski definition) is 2. The van der Waals surface area contributed by atoms with Crippen LogP contribution in [0.5, 0.6) is 0 Å². The Morgan fingerprint density at radius 1 is 0.952 bits per heavy atom. The third-order valence-electron chi connectivity index (χ3n) is 3.28. The normalized spacial score (nSPS) is 10.5. The van der Waals surface area contributed by atoms with Crippen LogP contribution in [0.25, 0.3) is 10.8 Å². The molecule has 3 aromatic rings. The minimum absolute atomic E-state index is 0.298. The van der Waals surface area contributed by atoms with E-state index in [9.17, 15) is 4.79 Å². The highest BCUT2D eigenvalue weighted by Crippen LogP contribution is 2.24. The third kappa shape index (κ3) is 2.69. The fourth-order valence-corrected chi connectivity index (χ4v) is 2.51. The Balaban J connectivity index is 1.93. The van der Waals surface area contributed by atoms with Gasteiger partial charge in [-0.25, -0.2) is 0 Å². The number of halogens is 1. The van der Waals surface area contributed by atoms with Crippen molar-refractivity contribution in [3.63, 3.8) is 0 Å². The van der Waals surface area contributed by atoms with Crippen LogP contribution in [0.2, 0.25) is 5.02 Å². The Bertz CT molecular complexity index is 810. The predicted molar refractivity (Wildman–Crippen MR) is 87.8 cm³/mol. The fourth-order valence-electron chi connectivity index (χ4n) is 2.24. The Morgan fingerprint density at radius 3 is 2.48 bits per heavy atom. The van der Waals surface area contributed by atoms with Crippen molar-refractivity contribution in [3.8, 4) is 0 Å². The van der Waals surface area contributed by atoms with E-state index >= 15 is 0 Å². The third-order valence-corrected chi connectivity index (χ3v) is 3.60. The van der Waals surface area contributed by atoms with Gasteiger partial charge in [0.1, 0.15) is 0 Å². The summed E-state index contributed by atoms with van der Waals surface area (Å²) in [5.74, 6) is -0.312. The molecule has 104 valence electrons. The second-order valence-corrected chi connectivity index (χ2v) is 5.13. The van der Waals surface area contributed by atoms with Crippen molar-refractivity contribution in [1.82, 2.24) is 0 Å². The van der Waals surface area contributed by atoms with E-state index in [-0.39, 0.29) is 5.91 Å². The molecule has 0 saturated carbocycles. The van der Waals surface area contributed by atoms with Crippen LogP contribution in [0.3, 0.4) is 0 Å². The fraction of sp³-hybridized carbons (Fsp3) is 0. The van der Waals surface area contributed by atoms with E-state index in [2.05, 4.69) is 5.32 Å². The zero-order chi connectivity index (χ0) is 14.8. The summed E-state index contributed by atoms with van der Waals surface area (Å²) >= 11 is 6.04. The number of amides is 1. The summed E-state index contributed by atoms with van der Waals surface area (Å²) in [7, 11) is 0. The Morgan fingerprint density at radius 2 is 1.71 bits per heavy atom. The molecule has 0 aromatic heterocycles. The van der Waals surface area contributed by atoms with Gasteiger partial charge in [-0.3, -0.25) is 4.79 Å². The lowest BCUT2D eigenvalue weighted by atomic mass is 10.1. The highest BCUT2D eigenvalue weighted by atomic mass is 35.5. The maximum absolute atomic E-state index is 12.3. The first-order valence-electron chi connectivity index (χ1n) is 6.49. The summed E-state index contributed by atoms with van der Waals surface area (Å²) in [6.07, 6.45) is 0. The van der Waals surface area contributed by atoms with E-state index in [1.165, 1.54) is 0 Å². The zero-order valence-electron chi connectivity index (χ0n) is 11.1. The van der Waals surface area contributed by atoms with Crippen LogP contribution >= 0.6 is 11.6 Å². The average Bonchev–Trinajstić information content (AvgIpc) is 2.47. The number of nitrogens with two attached hydrogens (primary N) is 1. The van der Waals surface area contributed by atoms with Crippen LogP contribution in [-0.4, -0.2) is 5.91 Å². The first kappa shape index (κ1) is 13.5. The predicted octanol–water partition coefficient (Wildman–Crippen LogP) is 4.33. The van der Waals surface area contributed by atoms with Crippen molar-refractivity contribution in [3.05, 3.63) is 71.2 Å². The quantitative estimate of drug-likeness (QED) is 0.692. The molecule has 0 heterocycles. The van der Waals surface area contributed by atoms with E-state index in [1.807, 2.05) is 42.5 Å². The molecule has 4 heteroatoms. The summed E-state index contributed by atoms with van der Waals surface area (Å²) < 4.78 is 0. The average molecular weight is 297 g/mol. The molecular weight excluding hydrogens is 284 g/mol. The van der Waals surface area contributed by atoms with Gasteiger partial charge in [-0.2, -0.15) is 0 Å². The van der Waals surface area contributed by atoms with Crippen molar-refractivity contribution in [2.45, 2.75) is 0 Å².